The van der Waals surface area contributed by atoms with Gasteiger partial charge in [0.1, 0.15) is 5.75 Å². The average Bonchev–Trinajstić information content (AvgIpc) is 2.46. The second-order valence-electron chi connectivity index (χ2n) is 3.80. The molecule has 2 aromatic carbocycles. The fraction of sp³-hybridized carbons (Fsp3) is 0.133. The Kier molecular flexibility index (Phi) is 4.05. The predicted octanol–water partition coefficient (Wildman–Crippen LogP) is 3.65. The van der Waals surface area contributed by atoms with Crippen LogP contribution in [0.15, 0.2) is 53.4 Å². The highest BCUT2D eigenvalue weighted by molar-refractivity contribution is 7.98. The second kappa shape index (κ2) is 5.74. The third-order valence-corrected chi connectivity index (χ3v) is 3.36. The summed E-state index contributed by atoms with van der Waals surface area (Å²) in [5, 5.41) is 0. The van der Waals surface area contributed by atoms with Gasteiger partial charge in [0.25, 0.3) is 0 Å². The van der Waals surface area contributed by atoms with Gasteiger partial charge in [-0.2, -0.15) is 0 Å². The summed E-state index contributed by atoms with van der Waals surface area (Å²) in [6.07, 6.45) is 1.98. The minimum Gasteiger partial charge on any atom is -0.497 e. The molecular formula is C15H14O2S. The van der Waals surface area contributed by atoms with Crippen LogP contribution in [-0.2, 0) is 0 Å². The van der Waals surface area contributed by atoms with E-state index in [1.807, 2.05) is 48.7 Å². The zero-order chi connectivity index (χ0) is 13.0. The van der Waals surface area contributed by atoms with Gasteiger partial charge in [-0.3, -0.25) is 4.79 Å². The number of hydrogen-bond donors (Lipinski definition) is 0. The summed E-state index contributed by atoms with van der Waals surface area (Å²) in [6, 6.07) is 14.9. The molecule has 0 amide bonds. The molecule has 18 heavy (non-hydrogen) atoms. The Morgan fingerprint density at radius 1 is 1.06 bits per heavy atom. The lowest BCUT2D eigenvalue weighted by atomic mass is 10.0. The number of benzene rings is 2. The standard InChI is InChI=1S/C15H14O2S/c1-17-13-8-12(9-14(10-13)18-2)15(16)11-6-4-3-5-7-11/h3-10H,1-2H3. The number of rotatable bonds is 4. The molecule has 2 nitrogen and oxygen atoms in total. The molecule has 3 heteroatoms. The highest BCUT2D eigenvalue weighted by Crippen LogP contribution is 2.25. The number of carbonyl (C=O) groups is 1. The van der Waals surface area contributed by atoms with Gasteiger partial charge in [-0.15, -0.1) is 11.8 Å². The molecule has 0 fully saturated rings. The van der Waals surface area contributed by atoms with Crippen molar-refractivity contribution in [2.75, 3.05) is 13.4 Å². The van der Waals surface area contributed by atoms with Crippen molar-refractivity contribution < 1.29 is 9.53 Å². The zero-order valence-electron chi connectivity index (χ0n) is 10.3. The summed E-state index contributed by atoms with van der Waals surface area (Å²) in [7, 11) is 1.61. The number of methoxy groups -OCH3 is 1. The van der Waals surface area contributed by atoms with Crippen molar-refractivity contribution >= 4 is 17.5 Å². The van der Waals surface area contributed by atoms with Gasteiger partial charge in [0.2, 0.25) is 0 Å². The Labute approximate surface area is 111 Å². The normalized spacial score (nSPS) is 10.1. The van der Waals surface area contributed by atoms with Crippen molar-refractivity contribution in [3.05, 3.63) is 59.7 Å². The highest BCUT2D eigenvalue weighted by atomic mass is 32.2. The minimum absolute atomic E-state index is 0.0183. The van der Waals surface area contributed by atoms with E-state index in [9.17, 15) is 4.79 Å². The summed E-state index contributed by atoms with van der Waals surface area (Å²) < 4.78 is 5.22. The fourth-order valence-corrected chi connectivity index (χ4v) is 2.17. The maximum atomic E-state index is 12.3. The molecule has 0 radical (unpaired) electrons. The van der Waals surface area contributed by atoms with E-state index < -0.39 is 0 Å². The third-order valence-electron chi connectivity index (χ3n) is 2.65. The van der Waals surface area contributed by atoms with Gasteiger partial charge in [-0.25, -0.2) is 0 Å². The van der Waals surface area contributed by atoms with E-state index in [1.165, 1.54) is 0 Å². The van der Waals surface area contributed by atoms with Crippen LogP contribution in [0.2, 0.25) is 0 Å². The molecule has 0 spiro atoms. The first-order valence-corrected chi connectivity index (χ1v) is 6.80. The molecule has 2 rings (SSSR count). The Balaban J connectivity index is 2.41. The molecule has 0 aliphatic carbocycles. The Morgan fingerprint density at radius 2 is 1.78 bits per heavy atom. The Morgan fingerprint density at radius 3 is 2.39 bits per heavy atom. The molecule has 0 bridgehead atoms. The molecule has 0 saturated heterocycles. The Hall–Kier alpha value is -1.74. The van der Waals surface area contributed by atoms with Crippen LogP contribution in [0.3, 0.4) is 0 Å². The lowest BCUT2D eigenvalue weighted by molar-refractivity contribution is 0.103. The quantitative estimate of drug-likeness (QED) is 0.618. The minimum atomic E-state index is 0.0183. The predicted molar refractivity (Wildman–Crippen MR) is 74.6 cm³/mol. The maximum Gasteiger partial charge on any atom is 0.193 e. The molecule has 0 aliphatic rings. The molecule has 92 valence electrons. The number of carbonyl (C=O) groups excluding carboxylic acids is 1. The number of thioether (sulfide) groups is 1. The summed E-state index contributed by atoms with van der Waals surface area (Å²) in [6.45, 7) is 0. The van der Waals surface area contributed by atoms with Crippen molar-refractivity contribution in [3.8, 4) is 5.75 Å². The zero-order valence-corrected chi connectivity index (χ0v) is 11.2. The van der Waals surface area contributed by atoms with Crippen molar-refractivity contribution in [1.29, 1.82) is 0 Å². The lowest BCUT2D eigenvalue weighted by Crippen LogP contribution is -2.01. The van der Waals surface area contributed by atoms with E-state index in [4.69, 9.17) is 4.74 Å². The van der Waals surface area contributed by atoms with E-state index in [0.717, 1.165) is 4.90 Å². The number of ether oxygens (including phenoxy) is 1. The largest absolute Gasteiger partial charge is 0.497 e. The molecule has 0 N–H and O–H groups in total. The van der Waals surface area contributed by atoms with Gasteiger partial charge < -0.3 is 4.74 Å². The molecule has 0 aromatic heterocycles. The first-order chi connectivity index (χ1) is 8.74. The van der Waals surface area contributed by atoms with E-state index in [2.05, 4.69) is 0 Å². The van der Waals surface area contributed by atoms with Gasteiger partial charge >= 0.3 is 0 Å². The van der Waals surface area contributed by atoms with Crippen LogP contribution in [0.5, 0.6) is 5.75 Å². The molecule has 0 unspecified atom stereocenters. The van der Waals surface area contributed by atoms with Crippen LogP contribution in [0.1, 0.15) is 15.9 Å². The summed E-state index contributed by atoms with van der Waals surface area (Å²) >= 11 is 1.59. The van der Waals surface area contributed by atoms with Crippen molar-refractivity contribution in [2.45, 2.75) is 4.90 Å². The van der Waals surface area contributed by atoms with Gasteiger partial charge in [0, 0.05) is 16.0 Å². The SMILES string of the molecule is COc1cc(SC)cc(C(=O)c2ccccc2)c1. The number of ketones is 1. The van der Waals surface area contributed by atoms with E-state index in [0.29, 0.717) is 16.9 Å². The fourth-order valence-electron chi connectivity index (χ4n) is 1.69. The highest BCUT2D eigenvalue weighted by Gasteiger charge is 2.11. The Bertz CT molecular complexity index is 527. The van der Waals surface area contributed by atoms with Crippen LogP contribution < -0.4 is 4.74 Å². The first-order valence-electron chi connectivity index (χ1n) is 5.57. The molecular weight excluding hydrogens is 244 g/mol. The van der Waals surface area contributed by atoms with Gasteiger partial charge in [-0.1, -0.05) is 30.3 Å². The van der Waals surface area contributed by atoms with Crippen LogP contribution in [-0.4, -0.2) is 19.1 Å². The van der Waals surface area contributed by atoms with E-state index in [1.54, 1.807) is 24.9 Å². The second-order valence-corrected chi connectivity index (χ2v) is 4.68. The van der Waals surface area contributed by atoms with Gasteiger partial charge in [0.05, 0.1) is 7.11 Å². The molecule has 2 aromatic rings. The van der Waals surface area contributed by atoms with Crippen LogP contribution in [0.25, 0.3) is 0 Å². The van der Waals surface area contributed by atoms with Crippen molar-refractivity contribution in [2.24, 2.45) is 0 Å². The maximum absolute atomic E-state index is 12.3. The smallest absolute Gasteiger partial charge is 0.193 e. The summed E-state index contributed by atoms with van der Waals surface area (Å²) in [4.78, 5) is 13.3. The van der Waals surface area contributed by atoms with Crippen LogP contribution in [0, 0.1) is 0 Å². The molecule has 0 heterocycles. The van der Waals surface area contributed by atoms with Crippen LogP contribution >= 0.6 is 11.8 Å². The first kappa shape index (κ1) is 12.7. The van der Waals surface area contributed by atoms with Gasteiger partial charge in [-0.05, 0) is 24.5 Å². The number of hydrogen-bond acceptors (Lipinski definition) is 3. The van der Waals surface area contributed by atoms with E-state index >= 15 is 0 Å². The molecule has 0 aliphatic heterocycles. The van der Waals surface area contributed by atoms with E-state index in [-0.39, 0.29) is 5.78 Å². The molecule has 0 saturated carbocycles. The average molecular weight is 258 g/mol. The summed E-state index contributed by atoms with van der Waals surface area (Å²) in [5.41, 5.74) is 1.35. The van der Waals surface area contributed by atoms with Crippen LogP contribution in [0.4, 0.5) is 0 Å². The topological polar surface area (TPSA) is 26.3 Å². The molecule has 0 atom stereocenters. The van der Waals surface area contributed by atoms with Gasteiger partial charge in [0.15, 0.2) is 5.78 Å². The third kappa shape index (κ3) is 2.74. The lowest BCUT2D eigenvalue weighted by Gasteiger charge is -2.07. The summed E-state index contributed by atoms with van der Waals surface area (Å²) in [5.74, 6) is 0.728. The monoisotopic (exact) mass is 258 g/mol. The van der Waals surface area contributed by atoms with Crippen molar-refractivity contribution in [1.82, 2.24) is 0 Å². The van der Waals surface area contributed by atoms with Crippen molar-refractivity contribution in [3.63, 3.8) is 0 Å².